The van der Waals surface area contributed by atoms with E-state index in [1.165, 1.54) is 4.88 Å². The predicted molar refractivity (Wildman–Crippen MR) is 83.5 cm³/mol. The van der Waals surface area contributed by atoms with Crippen molar-refractivity contribution in [1.82, 2.24) is 14.9 Å². The van der Waals surface area contributed by atoms with Crippen molar-refractivity contribution in [2.24, 2.45) is 0 Å². The summed E-state index contributed by atoms with van der Waals surface area (Å²) in [5.41, 5.74) is 1.22. The first-order valence-corrected chi connectivity index (χ1v) is 7.78. The van der Waals surface area contributed by atoms with E-state index in [1.807, 2.05) is 17.6 Å². The number of nitrogens with zero attached hydrogens (tertiary/aromatic N) is 2. The van der Waals surface area contributed by atoms with E-state index in [2.05, 4.69) is 18.8 Å². The number of aryl methyl sites for hydroxylation is 2. The van der Waals surface area contributed by atoms with Crippen LogP contribution in [0.15, 0.2) is 17.4 Å². The molecule has 1 aliphatic rings. The fraction of sp³-hybridized carbons (Fsp3) is 0.467. The van der Waals surface area contributed by atoms with Crippen molar-refractivity contribution in [1.29, 1.82) is 0 Å². The molecule has 0 bridgehead atoms. The van der Waals surface area contributed by atoms with Crippen LogP contribution in [0.2, 0.25) is 0 Å². The summed E-state index contributed by atoms with van der Waals surface area (Å²) in [5.74, 6) is 0.855. The lowest BCUT2D eigenvalue weighted by molar-refractivity contribution is 0.601. The predicted octanol–water partition coefficient (Wildman–Crippen LogP) is 2.69. The summed E-state index contributed by atoms with van der Waals surface area (Å²) in [5, 5.41) is 4.06. The maximum atomic E-state index is 12.8. The van der Waals surface area contributed by atoms with Crippen LogP contribution in [-0.2, 0) is 6.54 Å². The second-order valence-corrected chi connectivity index (χ2v) is 6.52. The number of thiophene rings is 1. The van der Waals surface area contributed by atoms with Crippen molar-refractivity contribution >= 4 is 21.6 Å². The molecule has 0 aliphatic heterocycles. The van der Waals surface area contributed by atoms with E-state index in [-0.39, 0.29) is 5.56 Å². The van der Waals surface area contributed by atoms with Gasteiger partial charge in [0.1, 0.15) is 10.7 Å². The average Bonchev–Trinajstić information content (AvgIpc) is 3.18. The minimum absolute atomic E-state index is 0.134. The molecule has 1 aliphatic carbocycles. The monoisotopic (exact) mass is 289 g/mol. The van der Waals surface area contributed by atoms with Crippen molar-refractivity contribution in [2.75, 3.05) is 6.54 Å². The SMILES string of the molecule is C=CCNCc1nc2sc(C)c(C)c2c(=O)n1C1CC1. The second-order valence-electron chi connectivity index (χ2n) is 5.32. The van der Waals surface area contributed by atoms with E-state index in [0.29, 0.717) is 12.6 Å². The molecule has 20 heavy (non-hydrogen) atoms. The zero-order valence-corrected chi connectivity index (χ0v) is 12.7. The lowest BCUT2D eigenvalue weighted by atomic mass is 10.2. The number of hydrogen-bond donors (Lipinski definition) is 1. The third-order valence-corrected chi connectivity index (χ3v) is 4.89. The van der Waals surface area contributed by atoms with Gasteiger partial charge in [-0.2, -0.15) is 0 Å². The summed E-state index contributed by atoms with van der Waals surface area (Å²) < 4.78 is 1.90. The molecule has 0 amide bonds. The van der Waals surface area contributed by atoms with Crippen LogP contribution in [0.4, 0.5) is 0 Å². The standard InChI is InChI=1S/C15H19N3OS/c1-4-7-16-8-12-17-14-13(9(2)10(3)20-14)15(19)18(12)11-5-6-11/h4,11,16H,1,5-8H2,2-3H3. The van der Waals surface area contributed by atoms with Crippen LogP contribution in [-0.4, -0.2) is 16.1 Å². The zero-order valence-electron chi connectivity index (χ0n) is 11.9. The van der Waals surface area contributed by atoms with Gasteiger partial charge in [-0.3, -0.25) is 9.36 Å². The van der Waals surface area contributed by atoms with Gasteiger partial charge in [0.15, 0.2) is 0 Å². The normalized spacial score (nSPS) is 14.9. The largest absolute Gasteiger partial charge is 0.306 e. The van der Waals surface area contributed by atoms with Crippen LogP contribution in [0, 0.1) is 13.8 Å². The van der Waals surface area contributed by atoms with E-state index in [9.17, 15) is 4.79 Å². The molecule has 1 saturated carbocycles. The van der Waals surface area contributed by atoms with Gasteiger partial charge in [0.05, 0.1) is 11.9 Å². The minimum Gasteiger partial charge on any atom is -0.306 e. The molecule has 0 saturated heterocycles. The molecular formula is C15H19N3OS. The second kappa shape index (κ2) is 5.14. The molecule has 2 aromatic heterocycles. The molecule has 4 nitrogen and oxygen atoms in total. The molecule has 0 unspecified atom stereocenters. The fourth-order valence-electron chi connectivity index (χ4n) is 2.47. The van der Waals surface area contributed by atoms with Gasteiger partial charge in [-0.15, -0.1) is 17.9 Å². The molecule has 2 aromatic rings. The molecule has 0 radical (unpaired) electrons. The third kappa shape index (κ3) is 2.21. The van der Waals surface area contributed by atoms with Gasteiger partial charge in [0, 0.05) is 17.5 Å². The Morgan fingerprint density at radius 3 is 2.90 bits per heavy atom. The zero-order chi connectivity index (χ0) is 14.3. The summed E-state index contributed by atoms with van der Waals surface area (Å²) >= 11 is 1.61. The highest BCUT2D eigenvalue weighted by atomic mass is 32.1. The van der Waals surface area contributed by atoms with E-state index >= 15 is 0 Å². The average molecular weight is 289 g/mol. The Morgan fingerprint density at radius 2 is 2.25 bits per heavy atom. The molecule has 3 rings (SSSR count). The summed E-state index contributed by atoms with van der Waals surface area (Å²) in [6.07, 6.45) is 3.99. The first-order valence-electron chi connectivity index (χ1n) is 6.96. The van der Waals surface area contributed by atoms with Crippen molar-refractivity contribution in [3.8, 4) is 0 Å². The lowest BCUT2D eigenvalue weighted by Crippen LogP contribution is -2.28. The van der Waals surface area contributed by atoms with Gasteiger partial charge in [-0.1, -0.05) is 6.08 Å². The summed E-state index contributed by atoms with van der Waals surface area (Å²) in [6.45, 7) is 9.10. The van der Waals surface area contributed by atoms with Gasteiger partial charge in [-0.25, -0.2) is 4.98 Å². The first kappa shape index (κ1) is 13.5. The highest BCUT2D eigenvalue weighted by molar-refractivity contribution is 7.18. The van der Waals surface area contributed by atoms with Gasteiger partial charge in [-0.05, 0) is 32.3 Å². The molecule has 1 fully saturated rings. The van der Waals surface area contributed by atoms with Gasteiger partial charge in [0.2, 0.25) is 0 Å². The highest BCUT2D eigenvalue weighted by Crippen LogP contribution is 2.36. The topological polar surface area (TPSA) is 46.9 Å². The van der Waals surface area contributed by atoms with Crippen molar-refractivity contribution in [3.05, 3.63) is 39.3 Å². The Balaban J connectivity index is 2.15. The van der Waals surface area contributed by atoms with E-state index in [1.54, 1.807) is 11.3 Å². The van der Waals surface area contributed by atoms with Crippen LogP contribution in [0.5, 0.6) is 0 Å². The summed E-state index contributed by atoms with van der Waals surface area (Å²) in [6, 6.07) is 0.347. The summed E-state index contributed by atoms with van der Waals surface area (Å²) in [7, 11) is 0. The van der Waals surface area contributed by atoms with E-state index in [4.69, 9.17) is 4.98 Å². The smallest absolute Gasteiger partial charge is 0.262 e. The molecule has 0 atom stereocenters. The Morgan fingerprint density at radius 1 is 1.50 bits per heavy atom. The highest BCUT2D eigenvalue weighted by Gasteiger charge is 2.29. The molecular weight excluding hydrogens is 270 g/mol. The number of nitrogens with one attached hydrogen (secondary N) is 1. The summed E-state index contributed by atoms with van der Waals surface area (Å²) in [4.78, 5) is 19.6. The molecule has 1 N–H and O–H groups in total. The van der Waals surface area contributed by atoms with Gasteiger partial charge in [0.25, 0.3) is 5.56 Å². The Labute approximate surface area is 122 Å². The molecule has 106 valence electrons. The van der Waals surface area contributed by atoms with Crippen molar-refractivity contribution < 1.29 is 0 Å². The number of hydrogen-bond acceptors (Lipinski definition) is 4. The molecule has 0 aromatic carbocycles. The quantitative estimate of drug-likeness (QED) is 0.680. The van der Waals surface area contributed by atoms with Crippen LogP contribution in [0.1, 0.15) is 35.1 Å². The van der Waals surface area contributed by atoms with Crippen molar-refractivity contribution in [3.63, 3.8) is 0 Å². The van der Waals surface area contributed by atoms with Crippen LogP contribution < -0.4 is 10.9 Å². The Bertz CT molecular complexity index is 725. The minimum atomic E-state index is 0.134. The lowest BCUT2D eigenvalue weighted by Gasteiger charge is -2.11. The Kier molecular flexibility index (Phi) is 3.48. The maximum Gasteiger partial charge on any atom is 0.262 e. The van der Waals surface area contributed by atoms with Crippen LogP contribution in [0.3, 0.4) is 0 Å². The third-order valence-electron chi connectivity index (χ3n) is 3.79. The van der Waals surface area contributed by atoms with Crippen LogP contribution in [0.25, 0.3) is 10.2 Å². The number of aromatic nitrogens is 2. The van der Waals surface area contributed by atoms with E-state index < -0.39 is 0 Å². The number of rotatable bonds is 5. The molecule has 0 spiro atoms. The Hall–Kier alpha value is -1.46. The fourth-order valence-corrected chi connectivity index (χ4v) is 3.51. The number of fused-ring (bicyclic) bond motifs is 1. The first-order chi connectivity index (χ1) is 9.63. The van der Waals surface area contributed by atoms with Gasteiger partial charge >= 0.3 is 0 Å². The van der Waals surface area contributed by atoms with Gasteiger partial charge < -0.3 is 5.32 Å². The maximum absolute atomic E-state index is 12.8. The van der Waals surface area contributed by atoms with Crippen LogP contribution >= 0.6 is 11.3 Å². The molecule has 2 heterocycles. The molecule has 5 heteroatoms. The van der Waals surface area contributed by atoms with Crippen molar-refractivity contribution in [2.45, 2.75) is 39.3 Å². The van der Waals surface area contributed by atoms with E-state index in [0.717, 1.165) is 41.0 Å².